The van der Waals surface area contributed by atoms with Gasteiger partial charge < -0.3 is 0 Å². The van der Waals surface area contributed by atoms with Crippen LogP contribution in [0.3, 0.4) is 0 Å². The molecule has 0 N–H and O–H groups in total. The van der Waals surface area contributed by atoms with E-state index in [2.05, 4.69) is 29.0 Å². The van der Waals surface area contributed by atoms with Crippen LogP contribution in [0.2, 0.25) is 0 Å². The van der Waals surface area contributed by atoms with E-state index in [1.54, 1.807) is 24.3 Å². The SMILES string of the molecule is Cc1ccc(S(=O)(=O)O[C@H]2C[C@H]3c4ccccc4[C@@H]2c2cccc[n+]23)cc1. The third-order valence-corrected chi connectivity index (χ3v) is 7.00. The third-order valence-electron chi connectivity index (χ3n) is 5.65. The lowest BCUT2D eigenvalue weighted by Gasteiger charge is -2.39. The summed E-state index contributed by atoms with van der Waals surface area (Å²) < 4.78 is 33.8. The van der Waals surface area contributed by atoms with E-state index >= 15 is 0 Å². The first-order valence-electron chi connectivity index (χ1n) is 9.13. The number of rotatable bonds is 3. The number of hydrogen-bond acceptors (Lipinski definition) is 3. The highest BCUT2D eigenvalue weighted by molar-refractivity contribution is 7.86. The lowest BCUT2D eigenvalue weighted by atomic mass is 9.72. The van der Waals surface area contributed by atoms with Crippen molar-refractivity contribution >= 4 is 10.1 Å². The summed E-state index contributed by atoms with van der Waals surface area (Å²) in [5.74, 6) is -0.0902. The summed E-state index contributed by atoms with van der Waals surface area (Å²) in [6.07, 6.45) is 2.32. The highest BCUT2D eigenvalue weighted by Crippen LogP contribution is 2.46. The van der Waals surface area contributed by atoms with Gasteiger partial charge in [-0.3, -0.25) is 4.18 Å². The fourth-order valence-corrected chi connectivity index (χ4v) is 5.52. The largest absolute Gasteiger partial charge is 0.297 e. The fourth-order valence-electron chi connectivity index (χ4n) is 4.43. The van der Waals surface area contributed by atoms with E-state index in [1.807, 2.05) is 31.2 Å². The molecule has 2 aliphatic heterocycles. The number of pyridine rings is 1. The fraction of sp³-hybridized carbons (Fsp3) is 0.227. The average molecular weight is 378 g/mol. The molecule has 3 aromatic rings. The van der Waals surface area contributed by atoms with E-state index in [0.29, 0.717) is 6.42 Å². The van der Waals surface area contributed by atoms with Crippen molar-refractivity contribution in [3.8, 4) is 0 Å². The van der Waals surface area contributed by atoms with Crippen LogP contribution < -0.4 is 4.57 Å². The number of nitrogens with zero attached hydrogens (tertiary/aromatic N) is 1. The Bertz CT molecular complexity index is 1070. The van der Waals surface area contributed by atoms with Crippen LogP contribution in [0, 0.1) is 6.92 Å². The lowest BCUT2D eigenvalue weighted by Crippen LogP contribution is -2.56. The minimum Gasteiger partial charge on any atom is -0.261 e. The van der Waals surface area contributed by atoms with Crippen LogP contribution in [-0.4, -0.2) is 14.5 Å². The maximum atomic E-state index is 12.9. The van der Waals surface area contributed by atoms with Gasteiger partial charge in [-0.05, 0) is 24.6 Å². The molecule has 0 spiro atoms. The molecule has 3 aliphatic rings. The van der Waals surface area contributed by atoms with Crippen LogP contribution in [0.15, 0.2) is 77.8 Å². The number of benzene rings is 2. The van der Waals surface area contributed by atoms with Crippen LogP contribution in [-0.2, 0) is 14.3 Å². The first kappa shape index (κ1) is 16.7. The second-order valence-corrected chi connectivity index (χ2v) is 8.86. The maximum Gasteiger partial charge on any atom is 0.297 e. The van der Waals surface area contributed by atoms with Gasteiger partial charge in [-0.2, -0.15) is 13.0 Å². The van der Waals surface area contributed by atoms with E-state index in [4.69, 9.17) is 4.18 Å². The van der Waals surface area contributed by atoms with Gasteiger partial charge in [0.25, 0.3) is 10.1 Å². The molecule has 4 nitrogen and oxygen atoms in total. The summed E-state index contributed by atoms with van der Waals surface area (Å²) in [6, 6.07) is 21.3. The summed E-state index contributed by atoms with van der Waals surface area (Å²) in [5, 5.41) is 0. The Balaban J connectivity index is 1.57. The van der Waals surface area contributed by atoms with Crippen LogP contribution in [0.5, 0.6) is 0 Å². The lowest BCUT2D eigenvalue weighted by molar-refractivity contribution is -0.732. The molecule has 3 heterocycles. The second-order valence-electron chi connectivity index (χ2n) is 7.29. The summed E-state index contributed by atoms with van der Waals surface area (Å²) in [4.78, 5) is 0.212. The predicted octanol–water partition coefficient (Wildman–Crippen LogP) is 3.50. The van der Waals surface area contributed by atoms with Gasteiger partial charge in [0.1, 0.15) is 6.10 Å². The smallest absolute Gasteiger partial charge is 0.261 e. The molecule has 3 atom stereocenters. The van der Waals surface area contributed by atoms with Gasteiger partial charge >= 0.3 is 0 Å². The maximum absolute atomic E-state index is 12.9. The van der Waals surface area contributed by atoms with Gasteiger partial charge in [0.2, 0.25) is 0 Å². The molecule has 5 heteroatoms. The molecule has 0 fully saturated rings. The number of hydrogen-bond donors (Lipinski definition) is 0. The monoisotopic (exact) mass is 378 g/mol. The minimum absolute atomic E-state index is 0.0902. The van der Waals surface area contributed by atoms with Crippen molar-refractivity contribution in [2.75, 3.05) is 0 Å². The zero-order valence-corrected chi connectivity index (χ0v) is 15.8. The molecule has 0 saturated carbocycles. The quantitative estimate of drug-likeness (QED) is 0.518. The van der Waals surface area contributed by atoms with Crippen molar-refractivity contribution in [3.63, 3.8) is 0 Å². The molecule has 0 saturated heterocycles. The summed E-state index contributed by atoms with van der Waals surface area (Å²) in [5.41, 5.74) is 4.56. The average Bonchev–Trinajstić information content (AvgIpc) is 2.68. The van der Waals surface area contributed by atoms with E-state index in [0.717, 1.165) is 11.3 Å². The highest BCUT2D eigenvalue weighted by Gasteiger charge is 2.51. The Hall–Kier alpha value is -2.50. The van der Waals surface area contributed by atoms with Gasteiger partial charge in [0.15, 0.2) is 17.9 Å². The predicted molar refractivity (Wildman–Crippen MR) is 101 cm³/mol. The standard InChI is InChI=1S/C22H20NO3S/c1-15-9-11-16(12-10-15)27(24,25)26-21-14-20-17-6-2-3-7-18(17)22(21)19-8-4-5-13-23(19)20/h2-13,20-22H,14H2,1H3/q+1/t20-,21-,22+/m0/s1. The molecule has 27 heavy (non-hydrogen) atoms. The van der Waals surface area contributed by atoms with Crippen molar-refractivity contribution in [1.29, 1.82) is 0 Å². The summed E-state index contributed by atoms with van der Waals surface area (Å²) in [6.45, 7) is 1.93. The van der Waals surface area contributed by atoms with Crippen LogP contribution in [0.25, 0.3) is 0 Å². The molecule has 0 amide bonds. The first-order valence-corrected chi connectivity index (χ1v) is 10.5. The molecule has 1 aromatic heterocycles. The zero-order chi connectivity index (χ0) is 18.6. The Morgan fingerprint density at radius 2 is 1.63 bits per heavy atom. The highest BCUT2D eigenvalue weighted by atomic mass is 32.2. The van der Waals surface area contributed by atoms with E-state index in [-0.39, 0.29) is 16.9 Å². The van der Waals surface area contributed by atoms with Gasteiger partial charge in [-0.15, -0.1) is 0 Å². The molecular weight excluding hydrogens is 358 g/mol. The topological polar surface area (TPSA) is 47.3 Å². The van der Waals surface area contributed by atoms with Gasteiger partial charge in [0, 0.05) is 24.1 Å². The molecule has 1 aliphatic carbocycles. The van der Waals surface area contributed by atoms with Crippen molar-refractivity contribution in [3.05, 3.63) is 95.3 Å². The van der Waals surface area contributed by atoms with Crippen molar-refractivity contribution in [2.24, 2.45) is 0 Å². The Morgan fingerprint density at radius 1 is 0.926 bits per heavy atom. The van der Waals surface area contributed by atoms with Gasteiger partial charge in [-0.25, -0.2) is 0 Å². The van der Waals surface area contributed by atoms with Crippen LogP contribution in [0.4, 0.5) is 0 Å². The van der Waals surface area contributed by atoms with E-state index < -0.39 is 16.2 Å². The third kappa shape index (κ3) is 2.61. The molecule has 6 rings (SSSR count). The molecule has 2 aromatic carbocycles. The van der Waals surface area contributed by atoms with Crippen molar-refractivity contribution < 1.29 is 17.2 Å². The number of aromatic nitrogens is 1. The van der Waals surface area contributed by atoms with Gasteiger partial charge in [0.05, 0.1) is 10.8 Å². The summed E-state index contributed by atoms with van der Waals surface area (Å²) in [7, 11) is -3.81. The molecule has 0 radical (unpaired) electrons. The number of aryl methyl sites for hydroxylation is 1. The Kier molecular flexibility index (Phi) is 3.71. The normalized spacial score (nSPS) is 22.9. The molecule has 2 bridgehead atoms. The van der Waals surface area contributed by atoms with E-state index in [1.165, 1.54) is 11.1 Å². The van der Waals surface area contributed by atoms with Crippen molar-refractivity contribution in [2.45, 2.75) is 36.3 Å². The number of fused-ring (bicyclic) bond motifs is 1. The van der Waals surface area contributed by atoms with Gasteiger partial charge in [-0.1, -0.05) is 48.0 Å². The Labute approximate surface area is 159 Å². The second kappa shape index (κ2) is 6.01. The zero-order valence-electron chi connectivity index (χ0n) is 14.9. The summed E-state index contributed by atoms with van der Waals surface area (Å²) >= 11 is 0. The van der Waals surface area contributed by atoms with Crippen molar-refractivity contribution in [1.82, 2.24) is 0 Å². The molecule has 136 valence electrons. The van der Waals surface area contributed by atoms with Crippen LogP contribution >= 0.6 is 0 Å². The first-order chi connectivity index (χ1) is 13.0. The Morgan fingerprint density at radius 3 is 2.41 bits per heavy atom. The molecular formula is C22H20NO3S+. The van der Waals surface area contributed by atoms with E-state index in [9.17, 15) is 8.42 Å². The van der Waals surface area contributed by atoms with Crippen LogP contribution in [0.1, 0.15) is 40.8 Å². The molecule has 0 unspecified atom stereocenters. The minimum atomic E-state index is -3.81.